The number of carbonyl (C=O) groups excluding carboxylic acids is 1. The first kappa shape index (κ1) is 13.7. The molecule has 0 aromatic rings. The van der Waals surface area contributed by atoms with Crippen LogP contribution in [0.2, 0.25) is 0 Å². The normalized spacial score (nSPS) is 26.9. The standard InChI is InChI=1S/C12H23N3O3/c13-2-5-14-3-1-4-15(7-6-14)12(16)11-10-17-8-9-18-11/h11H,1-10,13H2. The highest BCUT2D eigenvalue weighted by Gasteiger charge is 2.28. The fourth-order valence-electron chi connectivity index (χ4n) is 2.43. The van der Waals surface area contributed by atoms with Gasteiger partial charge in [0.15, 0.2) is 6.10 Å². The lowest BCUT2D eigenvalue weighted by molar-refractivity contribution is -0.157. The molecule has 2 aliphatic heterocycles. The summed E-state index contributed by atoms with van der Waals surface area (Å²) < 4.78 is 10.7. The molecule has 2 heterocycles. The molecule has 1 unspecified atom stereocenters. The lowest BCUT2D eigenvalue weighted by Gasteiger charge is -2.28. The molecule has 0 aromatic heterocycles. The van der Waals surface area contributed by atoms with E-state index < -0.39 is 6.10 Å². The first-order chi connectivity index (χ1) is 8.81. The number of nitrogens with zero attached hydrogens (tertiary/aromatic N) is 2. The summed E-state index contributed by atoms with van der Waals surface area (Å²) >= 11 is 0. The Balaban J connectivity index is 1.82. The van der Waals surface area contributed by atoms with E-state index in [0.29, 0.717) is 26.4 Å². The van der Waals surface area contributed by atoms with Crippen molar-refractivity contribution in [3.05, 3.63) is 0 Å². The largest absolute Gasteiger partial charge is 0.376 e. The van der Waals surface area contributed by atoms with Crippen molar-refractivity contribution in [3.63, 3.8) is 0 Å². The van der Waals surface area contributed by atoms with Gasteiger partial charge in [0.05, 0.1) is 19.8 Å². The van der Waals surface area contributed by atoms with Crippen molar-refractivity contribution in [1.29, 1.82) is 0 Å². The van der Waals surface area contributed by atoms with Crippen molar-refractivity contribution in [2.24, 2.45) is 5.73 Å². The Morgan fingerprint density at radius 3 is 2.83 bits per heavy atom. The van der Waals surface area contributed by atoms with Gasteiger partial charge in [-0.05, 0) is 13.0 Å². The molecule has 104 valence electrons. The van der Waals surface area contributed by atoms with E-state index in [4.69, 9.17) is 15.2 Å². The molecule has 0 bridgehead atoms. The third kappa shape index (κ3) is 3.65. The van der Waals surface area contributed by atoms with E-state index in [0.717, 1.165) is 39.1 Å². The predicted molar refractivity (Wildman–Crippen MR) is 67.3 cm³/mol. The van der Waals surface area contributed by atoms with Crippen molar-refractivity contribution in [1.82, 2.24) is 9.80 Å². The number of nitrogens with two attached hydrogens (primary N) is 1. The Morgan fingerprint density at radius 2 is 2.11 bits per heavy atom. The van der Waals surface area contributed by atoms with Crippen molar-refractivity contribution in [3.8, 4) is 0 Å². The quantitative estimate of drug-likeness (QED) is 0.695. The van der Waals surface area contributed by atoms with Crippen molar-refractivity contribution < 1.29 is 14.3 Å². The smallest absolute Gasteiger partial charge is 0.254 e. The second-order valence-electron chi connectivity index (χ2n) is 4.74. The Labute approximate surface area is 108 Å². The monoisotopic (exact) mass is 257 g/mol. The minimum Gasteiger partial charge on any atom is -0.376 e. The third-order valence-electron chi connectivity index (χ3n) is 3.44. The van der Waals surface area contributed by atoms with Gasteiger partial charge in [-0.2, -0.15) is 0 Å². The molecule has 2 aliphatic rings. The van der Waals surface area contributed by atoms with Gasteiger partial charge in [0.2, 0.25) is 0 Å². The van der Waals surface area contributed by atoms with Gasteiger partial charge in [-0.25, -0.2) is 0 Å². The van der Waals surface area contributed by atoms with Crippen LogP contribution in [-0.2, 0) is 14.3 Å². The van der Waals surface area contributed by atoms with E-state index in [2.05, 4.69) is 4.90 Å². The average molecular weight is 257 g/mol. The zero-order valence-corrected chi connectivity index (χ0v) is 10.8. The minimum absolute atomic E-state index is 0.0734. The molecule has 2 saturated heterocycles. The van der Waals surface area contributed by atoms with Gasteiger partial charge in [-0.1, -0.05) is 0 Å². The fourth-order valence-corrected chi connectivity index (χ4v) is 2.43. The summed E-state index contributed by atoms with van der Waals surface area (Å²) in [5.41, 5.74) is 5.56. The minimum atomic E-state index is -0.403. The van der Waals surface area contributed by atoms with Gasteiger partial charge in [0.25, 0.3) is 5.91 Å². The van der Waals surface area contributed by atoms with E-state index in [9.17, 15) is 4.79 Å². The van der Waals surface area contributed by atoms with Gasteiger partial charge >= 0.3 is 0 Å². The average Bonchev–Trinajstić information content (AvgIpc) is 2.65. The number of hydrogen-bond acceptors (Lipinski definition) is 5. The molecule has 0 radical (unpaired) electrons. The molecule has 6 nitrogen and oxygen atoms in total. The first-order valence-electron chi connectivity index (χ1n) is 6.72. The Bertz CT molecular complexity index is 269. The topological polar surface area (TPSA) is 68.0 Å². The highest BCUT2D eigenvalue weighted by molar-refractivity contribution is 5.81. The molecule has 2 rings (SSSR count). The molecule has 0 spiro atoms. The first-order valence-corrected chi connectivity index (χ1v) is 6.72. The SMILES string of the molecule is NCCN1CCCN(C(=O)C2COCCO2)CC1. The summed E-state index contributed by atoms with van der Waals surface area (Å²) in [5.74, 6) is 0.0734. The predicted octanol–water partition coefficient (Wildman–Crippen LogP) is -1.11. The van der Waals surface area contributed by atoms with Crippen LogP contribution < -0.4 is 5.73 Å². The lowest BCUT2D eigenvalue weighted by atomic mass is 10.3. The maximum Gasteiger partial charge on any atom is 0.254 e. The van der Waals surface area contributed by atoms with Crippen LogP contribution in [0.4, 0.5) is 0 Å². The molecule has 0 aliphatic carbocycles. The number of hydrogen-bond donors (Lipinski definition) is 1. The number of amides is 1. The van der Waals surface area contributed by atoms with E-state index in [1.165, 1.54) is 0 Å². The number of ether oxygens (including phenoxy) is 2. The van der Waals surface area contributed by atoms with E-state index in [-0.39, 0.29) is 5.91 Å². The lowest BCUT2D eigenvalue weighted by Crippen LogP contribution is -2.46. The van der Waals surface area contributed by atoms with Gasteiger partial charge in [0, 0.05) is 32.7 Å². The van der Waals surface area contributed by atoms with Crippen molar-refractivity contribution in [2.45, 2.75) is 12.5 Å². The molecule has 2 fully saturated rings. The molecular weight excluding hydrogens is 234 g/mol. The summed E-state index contributed by atoms with van der Waals surface area (Å²) in [6.45, 7) is 6.57. The van der Waals surface area contributed by atoms with Crippen LogP contribution >= 0.6 is 0 Å². The molecule has 1 amide bonds. The van der Waals surface area contributed by atoms with Crippen molar-refractivity contribution in [2.75, 3.05) is 59.1 Å². The highest BCUT2D eigenvalue weighted by atomic mass is 16.6. The Hall–Kier alpha value is -0.690. The third-order valence-corrected chi connectivity index (χ3v) is 3.44. The molecule has 2 N–H and O–H groups in total. The molecular formula is C12H23N3O3. The van der Waals surface area contributed by atoms with E-state index >= 15 is 0 Å². The zero-order chi connectivity index (χ0) is 12.8. The molecule has 1 atom stereocenters. The summed E-state index contributed by atoms with van der Waals surface area (Å²) in [7, 11) is 0. The summed E-state index contributed by atoms with van der Waals surface area (Å²) in [6, 6.07) is 0. The van der Waals surface area contributed by atoms with Gasteiger partial charge < -0.3 is 25.0 Å². The van der Waals surface area contributed by atoms with Crippen molar-refractivity contribution >= 4 is 5.91 Å². The van der Waals surface area contributed by atoms with Gasteiger partial charge in [-0.3, -0.25) is 4.79 Å². The second-order valence-corrected chi connectivity index (χ2v) is 4.74. The van der Waals surface area contributed by atoms with Gasteiger partial charge in [0.1, 0.15) is 0 Å². The summed E-state index contributed by atoms with van der Waals surface area (Å²) in [4.78, 5) is 16.5. The van der Waals surface area contributed by atoms with Crippen LogP contribution in [0.25, 0.3) is 0 Å². The van der Waals surface area contributed by atoms with Crippen LogP contribution in [0.15, 0.2) is 0 Å². The van der Waals surface area contributed by atoms with Crippen LogP contribution in [0, 0.1) is 0 Å². The number of carbonyl (C=O) groups is 1. The van der Waals surface area contributed by atoms with E-state index in [1.807, 2.05) is 4.90 Å². The fraction of sp³-hybridized carbons (Fsp3) is 0.917. The van der Waals surface area contributed by atoms with Crippen LogP contribution in [0.3, 0.4) is 0 Å². The highest BCUT2D eigenvalue weighted by Crippen LogP contribution is 2.09. The maximum atomic E-state index is 12.2. The number of rotatable bonds is 3. The molecule has 18 heavy (non-hydrogen) atoms. The molecule has 0 saturated carbocycles. The zero-order valence-electron chi connectivity index (χ0n) is 10.8. The van der Waals surface area contributed by atoms with Crippen LogP contribution in [0.5, 0.6) is 0 Å². The maximum absolute atomic E-state index is 12.2. The Morgan fingerprint density at radius 1 is 1.22 bits per heavy atom. The summed E-state index contributed by atoms with van der Waals surface area (Å²) in [6.07, 6.45) is 0.596. The van der Waals surface area contributed by atoms with Crippen LogP contribution in [0.1, 0.15) is 6.42 Å². The van der Waals surface area contributed by atoms with Crippen LogP contribution in [-0.4, -0.2) is 80.9 Å². The van der Waals surface area contributed by atoms with Gasteiger partial charge in [-0.15, -0.1) is 0 Å². The second kappa shape index (κ2) is 7.04. The molecule has 0 aromatic carbocycles. The molecule has 6 heteroatoms. The summed E-state index contributed by atoms with van der Waals surface area (Å²) in [5, 5.41) is 0. The van der Waals surface area contributed by atoms with E-state index in [1.54, 1.807) is 0 Å². The Kier molecular flexibility index (Phi) is 5.37.